The van der Waals surface area contributed by atoms with Gasteiger partial charge in [0.1, 0.15) is 0 Å². The molecule has 2 nitrogen and oxygen atoms in total. The van der Waals surface area contributed by atoms with Gasteiger partial charge in [-0.05, 0) is 47.1 Å². The lowest BCUT2D eigenvalue weighted by Crippen LogP contribution is -2.12. The van der Waals surface area contributed by atoms with E-state index >= 15 is 0 Å². The number of aromatic nitrogens is 1. The van der Waals surface area contributed by atoms with Crippen LogP contribution in [0.15, 0.2) is 18.3 Å². The Balaban J connectivity index is 2.04. The summed E-state index contributed by atoms with van der Waals surface area (Å²) in [6.45, 7) is 0. The summed E-state index contributed by atoms with van der Waals surface area (Å²) >= 11 is 2.29. The Bertz CT molecular complexity index is 297. The third kappa shape index (κ3) is 2.64. The Morgan fingerprint density at radius 1 is 1.62 bits per heavy atom. The van der Waals surface area contributed by atoms with Crippen LogP contribution in [-0.4, -0.2) is 4.98 Å². The molecule has 13 heavy (non-hydrogen) atoms. The van der Waals surface area contributed by atoms with Gasteiger partial charge < -0.3 is 5.73 Å². The van der Waals surface area contributed by atoms with E-state index < -0.39 is 0 Å². The Hall–Kier alpha value is -0.160. The number of nitrogens with zero attached hydrogens (tertiary/aromatic N) is 1. The van der Waals surface area contributed by atoms with E-state index in [-0.39, 0.29) is 6.04 Å². The van der Waals surface area contributed by atoms with Crippen molar-refractivity contribution in [3.8, 4) is 0 Å². The average Bonchev–Trinajstić information content (AvgIpc) is 2.88. The van der Waals surface area contributed by atoms with Crippen molar-refractivity contribution in [1.29, 1.82) is 0 Å². The monoisotopic (exact) mass is 288 g/mol. The highest BCUT2D eigenvalue weighted by Gasteiger charge is 2.24. The summed E-state index contributed by atoms with van der Waals surface area (Å²) < 4.78 is 1.22. The van der Waals surface area contributed by atoms with Gasteiger partial charge in [-0.15, -0.1) is 0 Å². The van der Waals surface area contributed by atoms with Crippen molar-refractivity contribution >= 4 is 22.6 Å². The molecule has 0 aliphatic heterocycles. The van der Waals surface area contributed by atoms with Gasteiger partial charge in [-0.3, -0.25) is 4.98 Å². The van der Waals surface area contributed by atoms with Gasteiger partial charge in [0, 0.05) is 15.8 Å². The van der Waals surface area contributed by atoms with E-state index in [9.17, 15) is 0 Å². The van der Waals surface area contributed by atoms with Crippen LogP contribution < -0.4 is 5.73 Å². The summed E-state index contributed by atoms with van der Waals surface area (Å²) in [5, 5.41) is 0. The topological polar surface area (TPSA) is 38.9 Å². The molecule has 0 amide bonds. The van der Waals surface area contributed by atoms with Crippen molar-refractivity contribution in [3.63, 3.8) is 0 Å². The molecule has 0 radical (unpaired) electrons. The smallest absolute Gasteiger partial charge is 0.0581 e. The molecule has 1 heterocycles. The van der Waals surface area contributed by atoms with Gasteiger partial charge in [-0.2, -0.15) is 0 Å². The van der Waals surface area contributed by atoms with Crippen molar-refractivity contribution < 1.29 is 0 Å². The Morgan fingerprint density at radius 3 is 3.00 bits per heavy atom. The first kappa shape index (κ1) is 9.40. The van der Waals surface area contributed by atoms with Crippen molar-refractivity contribution in [2.75, 3.05) is 0 Å². The van der Waals surface area contributed by atoms with E-state index in [4.69, 9.17) is 5.73 Å². The SMILES string of the molecule is N[C@@H](CC1CC1)c1cc(I)ccn1. The number of hydrogen-bond donors (Lipinski definition) is 1. The first-order valence-electron chi connectivity index (χ1n) is 4.63. The molecular weight excluding hydrogens is 275 g/mol. The van der Waals surface area contributed by atoms with Gasteiger partial charge in [-0.25, -0.2) is 0 Å². The minimum absolute atomic E-state index is 0.141. The van der Waals surface area contributed by atoms with Gasteiger partial charge in [0.2, 0.25) is 0 Å². The highest BCUT2D eigenvalue weighted by atomic mass is 127. The molecule has 1 aromatic rings. The number of nitrogens with two attached hydrogens (primary N) is 1. The van der Waals surface area contributed by atoms with Gasteiger partial charge in [-0.1, -0.05) is 12.8 Å². The van der Waals surface area contributed by atoms with E-state index in [1.54, 1.807) is 0 Å². The van der Waals surface area contributed by atoms with Crippen LogP contribution in [0.4, 0.5) is 0 Å². The van der Waals surface area contributed by atoms with E-state index in [0.717, 1.165) is 18.0 Å². The zero-order chi connectivity index (χ0) is 9.26. The zero-order valence-electron chi connectivity index (χ0n) is 7.41. The minimum atomic E-state index is 0.141. The highest BCUT2D eigenvalue weighted by Crippen LogP contribution is 2.36. The third-order valence-corrected chi connectivity index (χ3v) is 3.08. The molecule has 1 aliphatic carbocycles. The van der Waals surface area contributed by atoms with Gasteiger partial charge in [0.15, 0.2) is 0 Å². The maximum absolute atomic E-state index is 6.04. The molecular formula is C10H13IN2. The van der Waals surface area contributed by atoms with Gasteiger partial charge in [0.25, 0.3) is 0 Å². The fourth-order valence-corrected chi connectivity index (χ4v) is 1.94. The van der Waals surface area contributed by atoms with Crippen molar-refractivity contribution in [2.24, 2.45) is 11.7 Å². The van der Waals surface area contributed by atoms with Gasteiger partial charge >= 0.3 is 0 Å². The Kier molecular flexibility index (Phi) is 2.83. The average molecular weight is 288 g/mol. The van der Waals surface area contributed by atoms with Crippen LogP contribution in [0.1, 0.15) is 31.0 Å². The fraction of sp³-hybridized carbons (Fsp3) is 0.500. The molecule has 1 aromatic heterocycles. The van der Waals surface area contributed by atoms with Crippen molar-refractivity contribution in [3.05, 3.63) is 27.6 Å². The van der Waals surface area contributed by atoms with E-state index in [1.807, 2.05) is 12.3 Å². The molecule has 1 atom stereocenters. The van der Waals surface area contributed by atoms with Crippen LogP contribution in [0.5, 0.6) is 0 Å². The van der Waals surface area contributed by atoms with E-state index in [2.05, 4.69) is 33.6 Å². The molecule has 1 fully saturated rings. The maximum atomic E-state index is 6.04. The minimum Gasteiger partial charge on any atom is -0.323 e. The van der Waals surface area contributed by atoms with Crippen LogP contribution in [0.25, 0.3) is 0 Å². The normalized spacial score (nSPS) is 18.6. The van der Waals surface area contributed by atoms with Gasteiger partial charge in [0.05, 0.1) is 5.69 Å². The lowest BCUT2D eigenvalue weighted by molar-refractivity contribution is 0.583. The van der Waals surface area contributed by atoms with Crippen LogP contribution in [0, 0.1) is 9.49 Å². The molecule has 2 rings (SSSR count). The molecule has 0 unspecified atom stereocenters. The molecule has 0 aromatic carbocycles. The standard InChI is InChI=1S/C10H13IN2/c11-8-3-4-13-10(6-8)9(12)5-7-1-2-7/h3-4,6-7,9H,1-2,5,12H2/t9-/m0/s1. The third-order valence-electron chi connectivity index (χ3n) is 2.41. The highest BCUT2D eigenvalue weighted by molar-refractivity contribution is 14.1. The number of pyridine rings is 1. The molecule has 1 aliphatic rings. The summed E-state index contributed by atoms with van der Waals surface area (Å²) in [5.74, 6) is 0.870. The fourth-order valence-electron chi connectivity index (χ4n) is 1.46. The van der Waals surface area contributed by atoms with E-state index in [1.165, 1.54) is 16.4 Å². The molecule has 2 N–H and O–H groups in total. The molecule has 0 bridgehead atoms. The Labute approximate surface area is 92.1 Å². The maximum Gasteiger partial charge on any atom is 0.0581 e. The second kappa shape index (κ2) is 3.92. The Morgan fingerprint density at radius 2 is 2.38 bits per heavy atom. The molecule has 70 valence electrons. The second-order valence-electron chi connectivity index (χ2n) is 3.68. The van der Waals surface area contributed by atoms with Crippen LogP contribution in [-0.2, 0) is 0 Å². The first-order valence-corrected chi connectivity index (χ1v) is 5.70. The predicted molar refractivity (Wildman–Crippen MR) is 61.2 cm³/mol. The lowest BCUT2D eigenvalue weighted by atomic mass is 10.1. The number of hydrogen-bond acceptors (Lipinski definition) is 2. The largest absolute Gasteiger partial charge is 0.323 e. The predicted octanol–water partition coefficient (Wildman–Crippen LogP) is 2.49. The number of rotatable bonds is 3. The van der Waals surface area contributed by atoms with Crippen LogP contribution in [0.2, 0.25) is 0 Å². The molecule has 0 saturated heterocycles. The quantitative estimate of drug-likeness (QED) is 0.868. The van der Waals surface area contributed by atoms with Crippen molar-refractivity contribution in [2.45, 2.75) is 25.3 Å². The molecule has 0 spiro atoms. The second-order valence-corrected chi connectivity index (χ2v) is 4.93. The van der Waals surface area contributed by atoms with Crippen molar-refractivity contribution in [1.82, 2.24) is 4.98 Å². The molecule has 1 saturated carbocycles. The van der Waals surface area contributed by atoms with Crippen LogP contribution >= 0.6 is 22.6 Å². The van der Waals surface area contributed by atoms with E-state index in [0.29, 0.717) is 0 Å². The summed E-state index contributed by atoms with van der Waals surface area (Å²) in [5.41, 5.74) is 7.08. The molecule has 3 heteroatoms. The summed E-state index contributed by atoms with van der Waals surface area (Å²) in [6.07, 6.45) is 5.66. The van der Waals surface area contributed by atoms with Crippen LogP contribution in [0.3, 0.4) is 0 Å². The number of halogens is 1. The summed E-state index contributed by atoms with van der Waals surface area (Å²) in [4.78, 5) is 4.29. The summed E-state index contributed by atoms with van der Waals surface area (Å²) in [6, 6.07) is 4.21. The summed E-state index contributed by atoms with van der Waals surface area (Å²) in [7, 11) is 0. The lowest BCUT2D eigenvalue weighted by Gasteiger charge is -2.09. The first-order chi connectivity index (χ1) is 6.25. The zero-order valence-corrected chi connectivity index (χ0v) is 9.57.